The molecule has 108 valence electrons. The number of amides is 1. The fourth-order valence-corrected chi connectivity index (χ4v) is 3.69. The highest BCUT2D eigenvalue weighted by molar-refractivity contribution is 5.98. The van der Waals surface area contributed by atoms with Crippen LogP contribution < -0.4 is 10.2 Å². The summed E-state index contributed by atoms with van der Waals surface area (Å²) in [6, 6.07) is 8.50. The molecule has 0 bridgehead atoms. The first-order valence-electron chi connectivity index (χ1n) is 7.42. The monoisotopic (exact) mass is 292 g/mol. The number of nitrogens with one attached hydrogen (secondary N) is 1. The molecule has 1 N–H and O–H groups in total. The molecule has 1 spiro atoms. The first-order chi connectivity index (χ1) is 9.30. The van der Waals surface area contributed by atoms with E-state index in [-0.39, 0.29) is 18.3 Å². The van der Waals surface area contributed by atoms with Gasteiger partial charge in [0.1, 0.15) is 0 Å². The van der Waals surface area contributed by atoms with Crippen molar-refractivity contribution in [1.29, 1.82) is 0 Å². The minimum Gasteiger partial charge on any atom is -0.316 e. The summed E-state index contributed by atoms with van der Waals surface area (Å²) in [5.41, 5.74) is 2.90. The molecule has 4 heteroatoms. The van der Waals surface area contributed by atoms with Gasteiger partial charge in [-0.1, -0.05) is 18.2 Å². The molecular formula is C16H21ClN2O. The molecule has 1 amide bonds. The Morgan fingerprint density at radius 1 is 1.30 bits per heavy atom. The molecule has 0 aromatic heterocycles. The van der Waals surface area contributed by atoms with Crippen LogP contribution >= 0.6 is 12.4 Å². The zero-order valence-corrected chi connectivity index (χ0v) is 12.4. The van der Waals surface area contributed by atoms with Crippen LogP contribution in [0.1, 0.15) is 31.2 Å². The average Bonchev–Trinajstić information content (AvgIpc) is 3.18. The number of rotatable bonds is 1. The number of anilines is 1. The van der Waals surface area contributed by atoms with Gasteiger partial charge in [-0.2, -0.15) is 0 Å². The fraction of sp³-hybridized carbons (Fsp3) is 0.562. The number of hydrogen-bond donors (Lipinski definition) is 1. The zero-order valence-electron chi connectivity index (χ0n) is 11.6. The van der Waals surface area contributed by atoms with Gasteiger partial charge in [0, 0.05) is 24.2 Å². The Morgan fingerprint density at radius 2 is 2.10 bits per heavy atom. The summed E-state index contributed by atoms with van der Waals surface area (Å²) >= 11 is 0. The third kappa shape index (κ3) is 2.04. The van der Waals surface area contributed by atoms with E-state index in [1.165, 1.54) is 24.1 Å². The maximum atomic E-state index is 12.8. The lowest BCUT2D eigenvalue weighted by Crippen LogP contribution is -2.43. The maximum absolute atomic E-state index is 12.8. The highest BCUT2D eigenvalue weighted by Gasteiger charge is 2.53. The highest BCUT2D eigenvalue weighted by Crippen LogP contribution is 2.56. The number of hydrogen-bond acceptors (Lipinski definition) is 2. The number of para-hydroxylation sites is 1. The van der Waals surface area contributed by atoms with E-state index in [1.807, 2.05) is 0 Å². The molecule has 4 rings (SSSR count). The second-order valence-electron chi connectivity index (χ2n) is 6.27. The van der Waals surface area contributed by atoms with Crippen LogP contribution in [0.2, 0.25) is 0 Å². The van der Waals surface area contributed by atoms with Gasteiger partial charge in [0.05, 0.1) is 5.92 Å². The summed E-state index contributed by atoms with van der Waals surface area (Å²) in [7, 11) is 0. The largest absolute Gasteiger partial charge is 0.316 e. The Bertz CT molecular complexity index is 521. The lowest BCUT2D eigenvalue weighted by Gasteiger charge is -2.27. The molecule has 2 aliphatic heterocycles. The second-order valence-corrected chi connectivity index (χ2v) is 6.27. The molecule has 0 radical (unpaired) electrons. The van der Waals surface area contributed by atoms with Gasteiger partial charge in [-0.05, 0) is 43.9 Å². The van der Waals surface area contributed by atoms with Crippen molar-refractivity contribution in [1.82, 2.24) is 5.32 Å². The van der Waals surface area contributed by atoms with Crippen LogP contribution in [-0.2, 0) is 10.2 Å². The molecule has 1 aromatic rings. The van der Waals surface area contributed by atoms with Crippen LogP contribution in [-0.4, -0.2) is 25.5 Å². The molecule has 1 aromatic carbocycles. The van der Waals surface area contributed by atoms with Crippen molar-refractivity contribution in [3.8, 4) is 0 Å². The number of fused-ring (bicyclic) bond motifs is 2. The Morgan fingerprint density at radius 3 is 2.80 bits per heavy atom. The summed E-state index contributed by atoms with van der Waals surface area (Å²) in [4.78, 5) is 14.8. The van der Waals surface area contributed by atoms with Gasteiger partial charge < -0.3 is 10.2 Å². The van der Waals surface area contributed by atoms with Crippen molar-refractivity contribution in [3.05, 3.63) is 29.8 Å². The Kier molecular flexibility index (Phi) is 3.51. The van der Waals surface area contributed by atoms with E-state index in [0.29, 0.717) is 11.3 Å². The third-order valence-corrected chi connectivity index (χ3v) is 4.99. The van der Waals surface area contributed by atoms with Crippen molar-refractivity contribution >= 4 is 24.0 Å². The molecule has 1 saturated heterocycles. The van der Waals surface area contributed by atoms with E-state index >= 15 is 0 Å². The van der Waals surface area contributed by atoms with Crippen LogP contribution in [0.25, 0.3) is 0 Å². The van der Waals surface area contributed by atoms with Gasteiger partial charge in [-0.3, -0.25) is 4.79 Å². The first-order valence-corrected chi connectivity index (χ1v) is 7.42. The van der Waals surface area contributed by atoms with E-state index in [1.54, 1.807) is 0 Å². The zero-order chi connectivity index (χ0) is 12.9. The van der Waals surface area contributed by atoms with Crippen LogP contribution in [0.5, 0.6) is 0 Å². The minimum absolute atomic E-state index is 0. The Hall–Kier alpha value is -1.06. The first kappa shape index (κ1) is 13.9. The number of piperidine rings is 1. The molecule has 3 nitrogen and oxygen atoms in total. The smallest absolute Gasteiger partial charge is 0.231 e. The number of halogens is 1. The highest BCUT2D eigenvalue weighted by atomic mass is 35.5. The van der Waals surface area contributed by atoms with Crippen molar-refractivity contribution in [3.63, 3.8) is 0 Å². The van der Waals surface area contributed by atoms with Gasteiger partial charge >= 0.3 is 0 Å². The number of carbonyl (C=O) groups excluding carboxylic acids is 1. The Labute approximate surface area is 126 Å². The lowest BCUT2D eigenvalue weighted by molar-refractivity contribution is -0.122. The summed E-state index contributed by atoms with van der Waals surface area (Å²) in [6.07, 6.45) is 4.65. The van der Waals surface area contributed by atoms with Crippen molar-refractivity contribution < 1.29 is 4.79 Å². The molecule has 2 heterocycles. The van der Waals surface area contributed by atoms with Gasteiger partial charge in [0.25, 0.3) is 0 Å². The van der Waals surface area contributed by atoms with Gasteiger partial charge in [-0.15, -0.1) is 12.4 Å². The van der Waals surface area contributed by atoms with E-state index in [9.17, 15) is 4.79 Å². The van der Waals surface area contributed by atoms with Gasteiger partial charge in [0.2, 0.25) is 5.91 Å². The van der Waals surface area contributed by atoms with E-state index in [0.717, 1.165) is 32.5 Å². The number of benzene rings is 1. The normalized spacial score (nSPS) is 26.0. The minimum atomic E-state index is 0. The van der Waals surface area contributed by atoms with Crippen LogP contribution in [0.4, 0.5) is 5.69 Å². The SMILES string of the molecule is Cl.O=C(C1CCCNC1)N1CC2(CC2)c2ccccc21. The van der Waals surface area contributed by atoms with E-state index in [2.05, 4.69) is 34.5 Å². The van der Waals surface area contributed by atoms with Gasteiger partial charge in [0.15, 0.2) is 0 Å². The standard InChI is InChI=1S/C16H20N2O.ClH/c19-15(12-4-3-9-17-10-12)18-11-16(7-8-16)13-5-1-2-6-14(13)18;/h1-2,5-6,12,17H,3-4,7-11H2;1H. The molecule has 3 aliphatic rings. The summed E-state index contributed by atoms with van der Waals surface area (Å²) < 4.78 is 0. The topological polar surface area (TPSA) is 32.3 Å². The third-order valence-electron chi connectivity index (χ3n) is 4.99. The second kappa shape index (κ2) is 5.05. The fourth-order valence-electron chi connectivity index (χ4n) is 3.69. The molecule has 1 atom stereocenters. The van der Waals surface area contributed by atoms with Crippen LogP contribution in [0, 0.1) is 5.92 Å². The van der Waals surface area contributed by atoms with Crippen LogP contribution in [0.15, 0.2) is 24.3 Å². The summed E-state index contributed by atoms with van der Waals surface area (Å²) in [6.45, 7) is 2.83. The predicted octanol–water partition coefficient (Wildman–Crippen LogP) is 2.49. The van der Waals surface area contributed by atoms with Crippen molar-refractivity contribution in [2.24, 2.45) is 5.92 Å². The maximum Gasteiger partial charge on any atom is 0.231 e. The molecule has 20 heavy (non-hydrogen) atoms. The molecular weight excluding hydrogens is 272 g/mol. The van der Waals surface area contributed by atoms with Gasteiger partial charge in [-0.25, -0.2) is 0 Å². The Balaban J connectivity index is 0.00000121. The van der Waals surface area contributed by atoms with Crippen LogP contribution in [0.3, 0.4) is 0 Å². The summed E-state index contributed by atoms with van der Waals surface area (Å²) in [5.74, 6) is 0.513. The molecule has 2 fully saturated rings. The predicted molar refractivity (Wildman–Crippen MR) is 82.5 cm³/mol. The summed E-state index contributed by atoms with van der Waals surface area (Å²) in [5, 5.41) is 3.35. The lowest BCUT2D eigenvalue weighted by atomic mass is 9.98. The quantitative estimate of drug-likeness (QED) is 0.862. The number of nitrogens with zero attached hydrogens (tertiary/aromatic N) is 1. The van der Waals surface area contributed by atoms with Crippen molar-refractivity contribution in [2.45, 2.75) is 31.1 Å². The molecule has 1 aliphatic carbocycles. The molecule has 1 unspecified atom stereocenters. The number of carbonyl (C=O) groups is 1. The van der Waals surface area contributed by atoms with E-state index in [4.69, 9.17) is 0 Å². The van der Waals surface area contributed by atoms with Crippen molar-refractivity contribution in [2.75, 3.05) is 24.5 Å². The van der Waals surface area contributed by atoms with E-state index < -0.39 is 0 Å². The average molecular weight is 293 g/mol. The molecule has 1 saturated carbocycles.